The van der Waals surface area contributed by atoms with E-state index in [9.17, 15) is 4.79 Å². The van der Waals surface area contributed by atoms with Gasteiger partial charge in [0.25, 0.3) is 5.91 Å². The number of benzene rings is 3. The largest absolute Gasteiger partial charge is 0.493 e. The molecule has 1 fully saturated rings. The number of amides is 1. The molecule has 2 heterocycles. The van der Waals surface area contributed by atoms with Gasteiger partial charge in [0, 0.05) is 66.6 Å². The van der Waals surface area contributed by atoms with Crippen molar-refractivity contribution in [1.29, 1.82) is 0 Å². The van der Waals surface area contributed by atoms with Crippen LogP contribution in [0.1, 0.15) is 22.8 Å². The van der Waals surface area contributed by atoms with Gasteiger partial charge in [-0.25, -0.2) is 0 Å². The van der Waals surface area contributed by atoms with E-state index in [1.165, 1.54) is 27.4 Å². The van der Waals surface area contributed by atoms with Gasteiger partial charge in [-0.3, -0.25) is 9.69 Å². The van der Waals surface area contributed by atoms with Crippen molar-refractivity contribution < 1.29 is 19.0 Å². The first kappa shape index (κ1) is 24.0. The molecule has 188 valence electrons. The standard InChI is InChI=1S/C29H33N3O4/c1-5-32-24-9-7-6-8-22(24)23-16-20(10-11-25(23)32)19-30-12-14-31(15-13-30)29(33)21-17-26(34-2)28(36-4)27(18-21)35-3/h6-11,16-18H,5,12-15,19H2,1-4H3. The minimum absolute atomic E-state index is 0.0253. The number of aromatic nitrogens is 1. The maximum Gasteiger partial charge on any atom is 0.254 e. The Hall–Kier alpha value is -3.71. The van der Waals surface area contributed by atoms with Gasteiger partial charge in [-0.2, -0.15) is 0 Å². The van der Waals surface area contributed by atoms with Gasteiger partial charge >= 0.3 is 0 Å². The third-order valence-electron chi connectivity index (χ3n) is 7.13. The van der Waals surface area contributed by atoms with Crippen LogP contribution in [0.3, 0.4) is 0 Å². The van der Waals surface area contributed by atoms with Crippen molar-refractivity contribution in [3.05, 3.63) is 65.7 Å². The molecule has 1 amide bonds. The molecular formula is C29H33N3O4. The zero-order valence-corrected chi connectivity index (χ0v) is 21.4. The van der Waals surface area contributed by atoms with Crippen molar-refractivity contribution >= 4 is 27.7 Å². The Balaban J connectivity index is 1.29. The quantitative estimate of drug-likeness (QED) is 0.375. The maximum atomic E-state index is 13.3. The van der Waals surface area contributed by atoms with E-state index in [2.05, 4.69) is 58.9 Å². The second-order valence-electron chi connectivity index (χ2n) is 9.10. The number of fused-ring (bicyclic) bond motifs is 3. The minimum atomic E-state index is -0.0253. The number of ether oxygens (including phenoxy) is 3. The van der Waals surface area contributed by atoms with Crippen LogP contribution in [0.25, 0.3) is 21.8 Å². The number of nitrogens with zero attached hydrogens (tertiary/aromatic N) is 3. The topological polar surface area (TPSA) is 56.2 Å². The van der Waals surface area contributed by atoms with Crippen LogP contribution in [-0.2, 0) is 13.1 Å². The molecule has 1 aliphatic heterocycles. The molecule has 7 nitrogen and oxygen atoms in total. The Morgan fingerprint density at radius 2 is 1.47 bits per heavy atom. The molecule has 0 atom stereocenters. The fourth-order valence-corrected chi connectivity index (χ4v) is 5.29. The molecule has 36 heavy (non-hydrogen) atoms. The lowest BCUT2D eigenvalue weighted by molar-refractivity contribution is 0.0627. The summed E-state index contributed by atoms with van der Waals surface area (Å²) in [7, 11) is 4.67. The van der Waals surface area contributed by atoms with Gasteiger partial charge in [-0.05, 0) is 42.8 Å². The molecule has 1 aliphatic rings. The lowest BCUT2D eigenvalue weighted by atomic mass is 10.1. The van der Waals surface area contributed by atoms with E-state index < -0.39 is 0 Å². The number of para-hydroxylation sites is 1. The Kier molecular flexibility index (Phi) is 6.74. The highest BCUT2D eigenvalue weighted by molar-refractivity contribution is 6.08. The van der Waals surface area contributed by atoms with Gasteiger partial charge in [-0.15, -0.1) is 0 Å². The lowest BCUT2D eigenvalue weighted by Gasteiger charge is -2.35. The predicted octanol–water partition coefficient (Wildman–Crippen LogP) is 4.80. The van der Waals surface area contributed by atoms with Gasteiger partial charge in [0.2, 0.25) is 5.75 Å². The average molecular weight is 488 g/mol. The summed E-state index contributed by atoms with van der Waals surface area (Å²) in [4.78, 5) is 17.6. The fourth-order valence-electron chi connectivity index (χ4n) is 5.29. The molecule has 5 rings (SSSR count). The van der Waals surface area contributed by atoms with Crippen LogP contribution in [0.4, 0.5) is 0 Å². The number of piperazine rings is 1. The smallest absolute Gasteiger partial charge is 0.254 e. The number of aryl methyl sites for hydroxylation is 1. The molecule has 7 heteroatoms. The second kappa shape index (κ2) is 10.1. The summed E-state index contributed by atoms with van der Waals surface area (Å²) in [6.07, 6.45) is 0. The van der Waals surface area contributed by atoms with Gasteiger partial charge in [-0.1, -0.05) is 24.3 Å². The maximum absolute atomic E-state index is 13.3. The molecule has 0 spiro atoms. The van der Waals surface area contributed by atoms with Crippen molar-refractivity contribution in [3.63, 3.8) is 0 Å². The van der Waals surface area contributed by atoms with E-state index in [1.54, 1.807) is 33.5 Å². The van der Waals surface area contributed by atoms with Gasteiger partial charge in [0.15, 0.2) is 11.5 Å². The van der Waals surface area contributed by atoms with E-state index >= 15 is 0 Å². The SMILES string of the molecule is CCn1c2ccccc2c2cc(CN3CCN(C(=O)c4cc(OC)c(OC)c(OC)c4)CC3)ccc21. The molecule has 0 bridgehead atoms. The number of rotatable bonds is 7. The first-order valence-electron chi connectivity index (χ1n) is 12.4. The third-order valence-corrected chi connectivity index (χ3v) is 7.13. The van der Waals surface area contributed by atoms with Gasteiger partial charge in [0.1, 0.15) is 0 Å². The van der Waals surface area contributed by atoms with Crippen LogP contribution in [-0.4, -0.2) is 67.8 Å². The zero-order valence-electron chi connectivity index (χ0n) is 21.4. The number of carbonyl (C=O) groups is 1. The van der Waals surface area contributed by atoms with Crippen LogP contribution in [0.15, 0.2) is 54.6 Å². The Morgan fingerprint density at radius 3 is 2.11 bits per heavy atom. The highest BCUT2D eigenvalue weighted by atomic mass is 16.5. The molecule has 0 aliphatic carbocycles. The number of carbonyl (C=O) groups excluding carboxylic acids is 1. The number of methoxy groups -OCH3 is 3. The van der Waals surface area contributed by atoms with Crippen LogP contribution in [0, 0.1) is 0 Å². The van der Waals surface area contributed by atoms with Crippen LogP contribution in [0.5, 0.6) is 17.2 Å². The first-order valence-corrected chi connectivity index (χ1v) is 12.4. The highest BCUT2D eigenvalue weighted by Gasteiger charge is 2.25. The Morgan fingerprint density at radius 1 is 0.806 bits per heavy atom. The molecule has 0 saturated carbocycles. The summed E-state index contributed by atoms with van der Waals surface area (Å²) >= 11 is 0. The molecular weight excluding hydrogens is 454 g/mol. The predicted molar refractivity (Wildman–Crippen MR) is 142 cm³/mol. The molecule has 4 aromatic rings. The van der Waals surface area contributed by atoms with E-state index in [0.717, 1.165) is 26.2 Å². The van der Waals surface area contributed by atoms with E-state index in [1.807, 2.05) is 4.90 Å². The molecule has 3 aromatic carbocycles. The number of hydrogen-bond acceptors (Lipinski definition) is 5. The first-order chi connectivity index (χ1) is 17.6. The van der Waals surface area contributed by atoms with E-state index in [0.29, 0.717) is 35.9 Å². The highest BCUT2D eigenvalue weighted by Crippen LogP contribution is 2.38. The second-order valence-corrected chi connectivity index (χ2v) is 9.10. The summed E-state index contributed by atoms with van der Waals surface area (Å²) in [5.41, 5.74) is 4.40. The summed E-state index contributed by atoms with van der Waals surface area (Å²) in [6, 6.07) is 18.9. The molecule has 0 unspecified atom stereocenters. The third kappa shape index (κ3) is 4.24. The van der Waals surface area contributed by atoms with Crippen LogP contribution < -0.4 is 14.2 Å². The molecule has 1 saturated heterocycles. The summed E-state index contributed by atoms with van der Waals surface area (Å²) in [5, 5.41) is 2.61. The zero-order chi connectivity index (χ0) is 25.2. The Labute approximate surface area is 211 Å². The average Bonchev–Trinajstić information content (AvgIpc) is 3.25. The summed E-state index contributed by atoms with van der Waals surface area (Å²) in [6.45, 7) is 7.01. The van der Waals surface area contributed by atoms with E-state index in [4.69, 9.17) is 14.2 Å². The summed E-state index contributed by atoms with van der Waals surface area (Å²) < 4.78 is 18.6. The van der Waals surface area contributed by atoms with Crippen molar-refractivity contribution in [3.8, 4) is 17.2 Å². The van der Waals surface area contributed by atoms with Crippen molar-refractivity contribution in [2.24, 2.45) is 0 Å². The lowest BCUT2D eigenvalue weighted by Crippen LogP contribution is -2.48. The van der Waals surface area contributed by atoms with E-state index in [-0.39, 0.29) is 5.91 Å². The number of hydrogen-bond donors (Lipinski definition) is 0. The van der Waals surface area contributed by atoms with Crippen molar-refractivity contribution in [2.75, 3.05) is 47.5 Å². The van der Waals surface area contributed by atoms with Crippen LogP contribution in [0.2, 0.25) is 0 Å². The van der Waals surface area contributed by atoms with Gasteiger partial charge < -0.3 is 23.7 Å². The fraction of sp³-hybridized carbons (Fsp3) is 0.345. The molecule has 0 N–H and O–H groups in total. The van der Waals surface area contributed by atoms with Crippen molar-refractivity contribution in [1.82, 2.24) is 14.4 Å². The van der Waals surface area contributed by atoms with Crippen LogP contribution >= 0.6 is 0 Å². The monoisotopic (exact) mass is 487 g/mol. The summed E-state index contributed by atoms with van der Waals surface area (Å²) in [5.74, 6) is 1.43. The Bertz CT molecular complexity index is 1380. The normalized spacial score (nSPS) is 14.4. The molecule has 1 aromatic heterocycles. The minimum Gasteiger partial charge on any atom is -0.493 e. The van der Waals surface area contributed by atoms with Gasteiger partial charge in [0.05, 0.1) is 21.3 Å². The molecule has 0 radical (unpaired) electrons. The van der Waals surface area contributed by atoms with Crippen molar-refractivity contribution in [2.45, 2.75) is 20.0 Å².